The predicted molar refractivity (Wildman–Crippen MR) is 114 cm³/mol. The number of nitrogens with one attached hydrogen (secondary N) is 1. The molecular formula is C23H28N2O4. The first kappa shape index (κ1) is 22.1. The average molecular weight is 396 g/mol. The zero-order valence-corrected chi connectivity index (χ0v) is 17.6. The highest BCUT2D eigenvalue weighted by molar-refractivity contribution is 6.02. The lowest BCUT2D eigenvalue weighted by atomic mass is 9.98. The maximum Gasteiger partial charge on any atom is 0.338 e. The molecule has 2 aromatic carbocycles. The molecule has 0 aliphatic carbocycles. The Balaban J connectivity index is 2.18. The summed E-state index contributed by atoms with van der Waals surface area (Å²) in [5.41, 5.74) is 3.73. The van der Waals surface area contributed by atoms with E-state index in [9.17, 15) is 14.4 Å². The highest BCUT2D eigenvalue weighted by Crippen LogP contribution is 2.27. The molecule has 0 aliphatic rings. The van der Waals surface area contributed by atoms with Gasteiger partial charge in [-0.15, -0.1) is 0 Å². The number of amides is 2. The first-order valence-electron chi connectivity index (χ1n) is 9.69. The number of esters is 1. The second-order valence-electron chi connectivity index (χ2n) is 7.11. The number of carbonyl (C=O) groups excluding carboxylic acids is 3. The Hall–Kier alpha value is -3.15. The SMILES string of the molecule is CCOC(=O)c1ccc(N(CC(=O)Nc2c(C)cccc2C(C)C)C(C)=O)cc1. The van der Waals surface area contributed by atoms with Gasteiger partial charge in [-0.3, -0.25) is 9.59 Å². The summed E-state index contributed by atoms with van der Waals surface area (Å²) in [4.78, 5) is 38.0. The van der Waals surface area contributed by atoms with Crippen molar-refractivity contribution in [1.29, 1.82) is 0 Å². The molecule has 0 unspecified atom stereocenters. The first-order chi connectivity index (χ1) is 13.7. The minimum Gasteiger partial charge on any atom is -0.462 e. The molecule has 0 spiro atoms. The van der Waals surface area contributed by atoms with E-state index in [2.05, 4.69) is 19.2 Å². The van der Waals surface area contributed by atoms with Crippen LogP contribution in [0.25, 0.3) is 0 Å². The van der Waals surface area contributed by atoms with E-state index in [1.807, 2.05) is 25.1 Å². The zero-order valence-electron chi connectivity index (χ0n) is 17.6. The van der Waals surface area contributed by atoms with Crippen LogP contribution in [-0.4, -0.2) is 30.9 Å². The molecule has 0 bridgehead atoms. The minimum absolute atomic E-state index is 0.125. The van der Waals surface area contributed by atoms with Crippen molar-refractivity contribution in [2.45, 2.75) is 40.5 Å². The van der Waals surface area contributed by atoms with Crippen molar-refractivity contribution in [3.05, 3.63) is 59.2 Å². The molecule has 0 atom stereocenters. The van der Waals surface area contributed by atoms with Crippen LogP contribution in [0.4, 0.5) is 11.4 Å². The van der Waals surface area contributed by atoms with Crippen molar-refractivity contribution in [2.75, 3.05) is 23.4 Å². The van der Waals surface area contributed by atoms with E-state index in [0.29, 0.717) is 11.3 Å². The fraction of sp³-hybridized carbons (Fsp3) is 0.348. The zero-order chi connectivity index (χ0) is 21.6. The Labute approximate surface area is 171 Å². The molecule has 29 heavy (non-hydrogen) atoms. The van der Waals surface area contributed by atoms with Crippen LogP contribution in [0.5, 0.6) is 0 Å². The van der Waals surface area contributed by atoms with Crippen LogP contribution >= 0.6 is 0 Å². The maximum absolute atomic E-state index is 12.7. The largest absolute Gasteiger partial charge is 0.462 e. The fourth-order valence-electron chi connectivity index (χ4n) is 3.04. The van der Waals surface area contributed by atoms with Crippen molar-refractivity contribution >= 4 is 29.2 Å². The Morgan fingerprint density at radius 3 is 2.28 bits per heavy atom. The molecule has 0 heterocycles. The van der Waals surface area contributed by atoms with Gasteiger partial charge in [-0.25, -0.2) is 4.79 Å². The Morgan fingerprint density at radius 1 is 1.07 bits per heavy atom. The van der Waals surface area contributed by atoms with Gasteiger partial charge in [0.1, 0.15) is 6.54 Å². The Bertz CT molecular complexity index is 888. The lowest BCUT2D eigenvalue weighted by Crippen LogP contribution is -2.37. The summed E-state index contributed by atoms with van der Waals surface area (Å²) >= 11 is 0. The number of hydrogen-bond donors (Lipinski definition) is 1. The molecule has 2 aromatic rings. The highest BCUT2D eigenvalue weighted by atomic mass is 16.5. The van der Waals surface area contributed by atoms with Crippen LogP contribution in [0.3, 0.4) is 0 Å². The van der Waals surface area contributed by atoms with E-state index in [-0.39, 0.29) is 30.9 Å². The van der Waals surface area contributed by atoms with Crippen LogP contribution in [0.2, 0.25) is 0 Å². The molecular weight excluding hydrogens is 368 g/mol. The van der Waals surface area contributed by atoms with E-state index in [4.69, 9.17) is 4.74 Å². The van der Waals surface area contributed by atoms with E-state index in [1.165, 1.54) is 11.8 Å². The summed E-state index contributed by atoms with van der Waals surface area (Å²) in [6.07, 6.45) is 0. The number of ether oxygens (including phenoxy) is 1. The van der Waals surface area contributed by atoms with E-state index in [1.54, 1.807) is 31.2 Å². The van der Waals surface area contributed by atoms with E-state index < -0.39 is 5.97 Å². The Kier molecular flexibility index (Phi) is 7.53. The second-order valence-corrected chi connectivity index (χ2v) is 7.11. The van der Waals surface area contributed by atoms with Gasteiger partial charge in [-0.1, -0.05) is 32.0 Å². The molecule has 2 rings (SSSR count). The third-order valence-electron chi connectivity index (χ3n) is 4.56. The number of para-hydroxylation sites is 1. The summed E-state index contributed by atoms with van der Waals surface area (Å²) in [6.45, 7) is 9.38. The van der Waals surface area contributed by atoms with Gasteiger partial charge in [0.15, 0.2) is 0 Å². The molecule has 0 aromatic heterocycles. The summed E-state index contributed by atoms with van der Waals surface area (Å²) in [5.74, 6) is -0.722. The quantitative estimate of drug-likeness (QED) is 0.709. The van der Waals surface area contributed by atoms with Gasteiger partial charge >= 0.3 is 5.97 Å². The van der Waals surface area contributed by atoms with Crippen molar-refractivity contribution in [1.82, 2.24) is 0 Å². The molecule has 0 fully saturated rings. The van der Waals surface area contributed by atoms with E-state index >= 15 is 0 Å². The lowest BCUT2D eigenvalue weighted by molar-refractivity contribution is -0.120. The molecule has 0 radical (unpaired) electrons. The van der Waals surface area contributed by atoms with Gasteiger partial charge in [0.25, 0.3) is 0 Å². The molecule has 0 aliphatic heterocycles. The molecule has 1 N–H and O–H groups in total. The van der Waals surface area contributed by atoms with Crippen LogP contribution in [0, 0.1) is 6.92 Å². The van der Waals surface area contributed by atoms with Crippen molar-refractivity contribution < 1.29 is 19.1 Å². The topological polar surface area (TPSA) is 75.7 Å². The minimum atomic E-state index is -0.424. The molecule has 0 saturated carbocycles. The van der Waals surface area contributed by atoms with Gasteiger partial charge < -0.3 is 15.0 Å². The molecule has 6 heteroatoms. The van der Waals surface area contributed by atoms with Crippen LogP contribution in [-0.2, 0) is 14.3 Å². The number of aryl methyl sites for hydroxylation is 1. The van der Waals surface area contributed by atoms with Crippen molar-refractivity contribution in [3.8, 4) is 0 Å². The third-order valence-corrected chi connectivity index (χ3v) is 4.56. The van der Waals surface area contributed by atoms with Gasteiger partial charge in [-0.2, -0.15) is 0 Å². The van der Waals surface area contributed by atoms with Crippen LogP contribution in [0.15, 0.2) is 42.5 Å². The molecule has 0 saturated heterocycles. The van der Waals surface area contributed by atoms with Crippen molar-refractivity contribution in [2.24, 2.45) is 0 Å². The fourth-order valence-corrected chi connectivity index (χ4v) is 3.04. The molecule has 2 amide bonds. The summed E-state index contributed by atoms with van der Waals surface area (Å²) in [6, 6.07) is 12.3. The van der Waals surface area contributed by atoms with Crippen LogP contribution < -0.4 is 10.2 Å². The monoisotopic (exact) mass is 396 g/mol. The normalized spacial score (nSPS) is 10.6. The smallest absolute Gasteiger partial charge is 0.338 e. The summed E-state index contributed by atoms with van der Waals surface area (Å²) in [7, 11) is 0. The molecule has 6 nitrogen and oxygen atoms in total. The number of hydrogen-bond acceptors (Lipinski definition) is 4. The predicted octanol–water partition coefficient (Wildman–Crippen LogP) is 4.29. The van der Waals surface area contributed by atoms with Crippen LogP contribution in [0.1, 0.15) is 55.1 Å². The van der Waals surface area contributed by atoms with Gasteiger partial charge in [-0.05, 0) is 55.2 Å². The number of nitrogens with zero attached hydrogens (tertiary/aromatic N) is 1. The van der Waals surface area contributed by atoms with Crippen molar-refractivity contribution in [3.63, 3.8) is 0 Å². The number of benzene rings is 2. The van der Waals surface area contributed by atoms with E-state index in [0.717, 1.165) is 16.8 Å². The molecule has 154 valence electrons. The number of anilines is 2. The summed E-state index contributed by atoms with van der Waals surface area (Å²) < 4.78 is 4.96. The van der Waals surface area contributed by atoms with Gasteiger partial charge in [0.05, 0.1) is 12.2 Å². The lowest BCUT2D eigenvalue weighted by Gasteiger charge is -2.22. The first-order valence-corrected chi connectivity index (χ1v) is 9.69. The van der Waals surface area contributed by atoms with Gasteiger partial charge in [0, 0.05) is 18.3 Å². The second kappa shape index (κ2) is 9.87. The maximum atomic E-state index is 12.7. The third kappa shape index (κ3) is 5.67. The Morgan fingerprint density at radius 2 is 1.72 bits per heavy atom. The van der Waals surface area contributed by atoms with Gasteiger partial charge in [0.2, 0.25) is 11.8 Å². The highest BCUT2D eigenvalue weighted by Gasteiger charge is 2.19. The summed E-state index contributed by atoms with van der Waals surface area (Å²) in [5, 5.41) is 2.95. The average Bonchev–Trinajstić information content (AvgIpc) is 2.67. The number of rotatable bonds is 7. The number of carbonyl (C=O) groups is 3. The standard InChI is InChI=1S/C23H28N2O4/c1-6-29-23(28)18-10-12-19(13-11-18)25(17(5)26)14-21(27)24-22-16(4)8-7-9-20(22)15(2)3/h7-13,15H,6,14H2,1-5H3,(H,24,27).